The average Bonchev–Trinajstić information content (AvgIpc) is 2.81. The number of allylic oxidation sites excluding steroid dienone is 2. The van der Waals surface area contributed by atoms with Gasteiger partial charge in [-0.05, 0) is 44.6 Å². The zero-order valence-corrected chi connectivity index (χ0v) is 10.5. The van der Waals surface area contributed by atoms with Crippen molar-refractivity contribution in [2.45, 2.75) is 46.0 Å². The summed E-state index contributed by atoms with van der Waals surface area (Å²) < 4.78 is 0. The minimum absolute atomic E-state index is 0.880. The Morgan fingerprint density at radius 2 is 1.81 bits per heavy atom. The SMILES string of the molecule is C/C(=C/Cc1ccc(C)cc1)C1CCCC1. The van der Waals surface area contributed by atoms with Crippen LogP contribution >= 0.6 is 0 Å². The monoisotopic (exact) mass is 214 g/mol. The largest absolute Gasteiger partial charge is 0.0809 e. The Kier molecular flexibility index (Phi) is 3.82. The third-order valence-electron chi connectivity index (χ3n) is 3.78. The van der Waals surface area contributed by atoms with Gasteiger partial charge in [0.15, 0.2) is 0 Å². The smallest absolute Gasteiger partial charge is 0.00948 e. The van der Waals surface area contributed by atoms with Gasteiger partial charge in [-0.1, -0.05) is 54.3 Å². The van der Waals surface area contributed by atoms with Gasteiger partial charge in [0.05, 0.1) is 0 Å². The average molecular weight is 214 g/mol. The highest BCUT2D eigenvalue weighted by molar-refractivity contribution is 5.24. The van der Waals surface area contributed by atoms with E-state index in [1.54, 1.807) is 5.57 Å². The molecule has 1 aliphatic carbocycles. The van der Waals surface area contributed by atoms with E-state index in [1.165, 1.54) is 36.8 Å². The molecule has 1 aromatic carbocycles. The van der Waals surface area contributed by atoms with Crippen molar-refractivity contribution in [2.24, 2.45) is 5.92 Å². The Hall–Kier alpha value is -1.04. The van der Waals surface area contributed by atoms with Crippen molar-refractivity contribution in [3.05, 3.63) is 47.0 Å². The summed E-state index contributed by atoms with van der Waals surface area (Å²) in [6, 6.07) is 8.89. The van der Waals surface area contributed by atoms with Crippen LogP contribution in [-0.4, -0.2) is 0 Å². The summed E-state index contributed by atoms with van der Waals surface area (Å²) in [4.78, 5) is 0. The minimum Gasteiger partial charge on any atom is -0.0809 e. The first-order chi connectivity index (χ1) is 7.75. The second-order valence-electron chi connectivity index (χ2n) is 5.12. The topological polar surface area (TPSA) is 0 Å². The highest BCUT2D eigenvalue weighted by atomic mass is 14.2. The molecule has 0 spiro atoms. The van der Waals surface area contributed by atoms with Crippen LogP contribution in [0, 0.1) is 12.8 Å². The fourth-order valence-corrected chi connectivity index (χ4v) is 2.55. The van der Waals surface area contributed by atoms with Gasteiger partial charge in [0.1, 0.15) is 0 Å². The fraction of sp³-hybridized carbons (Fsp3) is 0.500. The highest BCUT2D eigenvalue weighted by Crippen LogP contribution is 2.30. The van der Waals surface area contributed by atoms with E-state index in [1.807, 2.05) is 0 Å². The van der Waals surface area contributed by atoms with E-state index in [4.69, 9.17) is 0 Å². The van der Waals surface area contributed by atoms with Crippen molar-refractivity contribution in [1.82, 2.24) is 0 Å². The van der Waals surface area contributed by atoms with Gasteiger partial charge in [0.2, 0.25) is 0 Å². The summed E-state index contributed by atoms with van der Waals surface area (Å²) >= 11 is 0. The van der Waals surface area contributed by atoms with Crippen molar-refractivity contribution < 1.29 is 0 Å². The lowest BCUT2D eigenvalue weighted by atomic mass is 9.97. The fourth-order valence-electron chi connectivity index (χ4n) is 2.55. The molecule has 0 amide bonds. The molecule has 0 N–H and O–H groups in total. The van der Waals surface area contributed by atoms with Gasteiger partial charge < -0.3 is 0 Å². The number of hydrogen-bond acceptors (Lipinski definition) is 0. The first kappa shape index (κ1) is 11.4. The predicted octanol–water partition coefficient (Wildman–Crippen LogP) is 4.67. The predicted molar refractivity (Wildman–Crippen MR) is 70.6 cm³/mol. The molecule has 86 valence electrons. The van der Waals surface area contributed by atoms with E-state index in [-0.39, 0.29) is 0 Å². The zero-order valence-electron chi connectivity index (χ0n) is 10.5. The molecule has 0 atom stereocenters. The molecule has 0 nitrogen and oxygen atoms in total. The van der Waals surface area contributed by atoms with E-state index in [0.29, 0.717) is 0 Å². The van der Waals surface area contributed by atoms with Gasteiger partial charge in [-0.2, -0.15) is 0 Å². The second-order valence-corrected chi connectivity index (χ2v) is 5.12. The summed E-state index contributed by atoms with van der Waals surface area (Å²) in [7, 11) is 0. The molecule has 0 aliphatic heterocycles. The molecule has 0 unspecified atom stereocenters. The summed E-state index contributed by atoms with van der Waals surface area (Å²) in [6.07, 6.45) is 9.22. The van der Waals surface area contributed by atoms with Crippen molar-refractivity contribution >= 4 is 0 Å². The van der Waals surface area contributed by atoms with Crippen LogP contribution in [0.4, 0.5) is 0 Å². The molecular formula is C16H22. The molecule has 1 saturated carbocycles. The van der Waals surface area contributed by atoms with E-state index < -0.39 is 0 Å². The maximum Gasteiger partial charge on any atom is -0.00948 e. The maximum atomic E-state index is 2.43. The van der Waals surface area contributed by atoms with Crippen LogP contribution in [0.2, 0.25) is 0 Å². The Morgan fingerprint density at radius 3 is 2.44 bits per heavy atom. The van der Waals surface area contributed by atoms with Gasteiger partial charge >= 0.3 is 0 Å². The summed E-state index contributed by atoms with van der Waals surface area (Å²) in [6.45, 7) is 4.45. The Balaban J connectivity index is 1.94. The Bertz CT molecular complexity index is 350. The number of benzene rings is 1. The van der Waals surface area contributed by atoms with Crippen molar-refractivity contribution in [3.8, 4) is 0 Å². The van der Waals surface area contributed by atoms with E-state index in [0.717, 1.165) is 12.3 Å². The first-order valence-corrected chi connectivity index (χ1v) is 6.48. The Morgan fingerprint density at radius 1 is 1.19 bits per heavy atom. The number of hydrogen-bond donors (Lipinski definition) is 0. The van der Waals surface area contributed by atoms with Gasteiger partial charge in [-0.15, -0.1) is 0 Å². The molecule has 2 rings (SSSR count). The van der Waals surface area contributed by atoms with Crippen LogP contribution in [0.25, 0.3) is 0 Å². The standard InChI is InChI=1S/C16H22/c1-13-7-10-15(11-8-13)12-9-14(2)16-5-3-4-6-16/h7-11,16H,3-6,12H2,1-2H3/b14-9-. The second kappa shape index (κ2) is 5.34. The Labute approximate surface area is 99.4 Å². The van der Waals surface area contributed by atoms with Crippen LogP contribution in [-0.2, 0) is 6.42 Å². The van der Waals surface area contributed by atoms with Gasteiger partial charge in [0, 0.05) is 0 Å². The normalized spacial score (nSPS) is 18.0. The summed E-state index contributed by atoms with van der Waals surface area (Å²) in [5.41, 5.74) is 4.39. The van der Waals surface area contributed by atoms with Crippen LogP contribution in [0.15, 0.2) is 35.9 Å². The van der Waals surface area contributed by atoms with Crippen LogP contribution in [0.1, 0.15) is 43.7 Å². The third-order valence-corrected chi connectivity index (χ3v) is 3.78. The molecule has 1 aromatic rings. The molecule has 0 heterocycles. The molecular weight excluding hydrogens is 192 g/mol. The van der Waals surface area contributed by atoms with Crippen molar-refractivity contribution in [2.75, 3.05) is 0 Å². The van der Waals surface area contributed by atoms with Gasteiger partial charge in [-0.3, -0.25) is 0 Å². The molecule has 0 heteroatoms. The molecule has 0 radical (unpaired) electrons. The van der Waals surface area contributed by atoms with Crippen molar-refractivity contribution in [3.63, 3.8) is 0 Å². The third kappa shape index (κ3) is 2.98. The van der Waals surface area contributed by atoms with E-state index in [2.05, 4.69) is 44.2 Å². The van der Waals surface area contributed by atoms with Crippen LogP contribution in [0.5, 0.6) is 0 Å². The first-order valence-electron chi connectivity index (χ1n) is 6.48. The molecule has 0 bridgehead atoms. The van der Waals surface area contributed by atoms with Gasteiger partial charge in [0.25, 0.3) is 0 Å². The quantitative estimate of drug-likeness (QED) is 0.641. The molecule has 1 fully saturated rings. The molecule has 1 aliphatic rings. The minimum atomic E-state index is 0.880. The summed E-state index contributed by atoms with van der Waals surface area (Å²) in [5, 5.41) is 0. The molecule has 0 aromatic heterocycles. The zero-order chi connectivity index (χ0) is 11.4. The van der Waals surface area contributed by atoms with Crippen molar-refractivity contribution in [1.29, 1.82) is 0 Å². The van der Waals surface area contributed by atoms with Crippen LogP contribution < -0.4 is 0 Å². The van der Waals surface area contributed by atoms with E-state index in [9.17, 15) is 0 Å². The maximum absolute atomic E-state index is 2.43. The lowest BCUT2D eigenvalue weighted by molar-refractivity contribution is 0.640. The highest BCUT2D eigenvalue weighted by Gasteiger charge is 2.15. The lowest BCUT2D eigenvalue weighted by Crippen LogP contribution is -1.95. The lowest BCUT2D eigenvalue weighted by Gasteiger charge is -2.09. The molecule has 0 saturated heterocycles. The number of rotatable bonds is 3. The van der Waals surface area contributed by atoms with Crippen LogP contribution in [0.3, 0.4) is 0 Å². The number of aryl methyl sites for hydroxylation is 1. The van der Waals surface area contributed by atoms with Gasteiger partial charge in [-0.25, -0.2) is 0 Å². The van der Waals surface area contributed by atoms with E-state index >= 15 is 0 Å². The summed E-state index contributed by atoms with van der Waals surface area (Å²) in [5.74, 6) is 0.880. The molecule has 16 heavy (non-hydrogen) atoms.